The molecule has 7 nitrogen and oxygen atoms in total. The molecule has 2 amide bonds. The van der Waals surface area contributed by atoms with Gasteiger partial charge in [0.05, 0.1) is 5.69 Å². The Morgan fingerprint density at radius 3 is 2.31 bits per heavy atom. The minimum atomic E-state index is -0.757. The fourth-order valence-corrected chi connectivity index (χ4v) is 2.33. The number of para-hydroxylation sites is 1. The van der Waals surface area contributed by atoms with E-state index in [0.29, 0.717) is 16.9 Å². The summed E-state index contributed by atoms with van der Waals surface area (Å²) < 4.78 is 15.3. The van der Waals surface area contributed by atoms with Crippen molar-refractivity contribution in [1.29, 1.82) is 0 Å². The number of nitrogens with one attached hydrogen (secondary N) is 2. The summed E-state index contributed by atoms with van der Waals surface area (Å²) in [6.07, 6.45) is 0. The second-order valence-corrected chi connectivity index (χ2v) is 5.51. The van der Waals surface area contributed by atoms with Crippen molar-refractivity contribution < 1.29 is 14.0 Å². The number of rotatable bonds is 4. The molecule has 0 radical (unpaired) electrons. The summed E-state index contributed by atoms with van der Waals surface area (Å²) in [5, 5.41) is 9.13. The third-order valence-corrected chi connectivity index (χ3v) is 3.56. The molecule has 4 N–H and O–H groups in total. The zero-order chi connectivity index (χ0) is 18.7. The maximum absolute atomic E-state index is 14.3. The Kier molecular flexibility index (Phi) is 4.66. The summed E-state index contributed by atoms with van der Waals surface area (Å²) in [7, 11) is 0. The second-order valence-electron chi connectivity index (χ2n) is 5.51. The fraction of sp³-hybridized carbons (Fsp3) is 0.0556. The van der Waals surface area contributed by atoms with Crippen LogP contribution in [0.2, 0.25) is 0 Å². The number of nitrogens with two attached hydrogens (primary N) is 1. The third kappa shape index (κ3) is 3.54. The van der Waals surface area contributed by atoms with Crippen LogP contribution in [-0.4, -0.2) is 21.6 Å². The first kappa shape index (κ1) is 17.2. The Hall–Kier alpha value is -3.68. The molecule has 0 aliphatic heterocycles. The number of hydrogen-bond donors (Lipinski definition) is 3. The maximum atomic E-state index is 14.3. The Morgan fingerprint density at radius 1 is 1.04 bits per heavy atom. The normalized spacial score (nSPS) is 10.4. The Bertz CT molecular complexity index is 952. The van der Waals surface area contributed by atoms with Gasteiger partial charge in [0.1, 0.15) is 5.69 Å². The van der Waals surface area contributed by atoms with E-state index in [1.807, 2.05) is 0 Å². The van der Waals surface area contributed by atoms with Gasteiger partial charge in [-0.3, -0.25) is 9.59 Å². The fourth-order valence-electron chi connectivity index (χ4n) is 2.33. The second kappa shape index (κ2) is 7.06. The van der Waals surface area contributed by atoms with Crippen molar-refractivity contribution in [1.82, 2.24) is 9.78 Å². The molecule has 8 heteroatoms. The molecule has 3 rings (SSSR count). The van der Waals surface area contributed by atoms with Crippen LogP contribution in [0.5, 0.6) is 0 Å². The van der Waals surface area contributed by atoms with Crippen molar-refractivity contribution in [3.63, 3.8) is 0 Å². The number of carbonyl (C=O) groups is 2. The van der Waals surface area contributed by atoms with E-state index in [2.05, 4.69) is 15.7 Å². The highest BCUT2D eigenvalue weighted by molar-refractivity contribution is 6.05. The van der Waals surface area contributed by atoms with Crippen LogP contribution in [0, 0.1) is 5.95 Å². The van der Waals surface area contributed by atoms with E-state index in [9.17, 15) is 14.0 Å². The molecule has 0 spiro atoms. The smallest absolute Gasteiger partial charge is 0.256 e. The van der Waals surface area contributed by atoms with Gasteiger partial charge < -0.3 is 16.4 Å². The number of nitrogen functional groups attached to an aromatic ring is 1. The molecule has 0 bridgehead atoms. The molecule has 0 aliphatic rings. The Labute approximate surface area is 148 Å². The number of amides is 2. The van der Waals surface area contributed by atoms with Crippen LogP contribution in [0.1, 0.15) is 17.3 Å². The lowest BCUT2D eigenvalue weighted by Gasteiger charge is -2.05. The lowest BCUT2D eigenvalue weighted by molar-refractivity contribution is -0.114. The topological polar surface area (TPSA) is 102 Å². The quantitative estimate of drug-likeness (QED) is 0.671. The van der Waals surface area contributed by atoms with Gasteiger partial charge in [0.15, 0.2) is 5.82 Å². The van der Waals surface area contributed by atoms with Crippen molar-refractivity contribution in [2.45, 2.75) is 6.92 Å². The van der Waals surface area contributed by atoms with Crippen molar-refractivity contribution in [3.05, 3.63) is 66.1 Å². The summed E-state index contributed by atoms with van der Waals surface area (Å²) in [6.45, 7) is 1.39. The molecule has 0 aliphatic carbocycles. The first-order chi connectivity index (χ1) is 12.5. The standard InChI is InChI=1S/C18H16FN5O2/c1-11(25)21-13-9-7-12(8-10-13)18(26)22-17-15(20)16(19)24(23-17)14-5-3-2-4-6-14/h2-10H,20H2,1H3,(H,21,25)(H,22,23,26). The van der Waals surface area contributed by atoms with Gasteiger partial charge in [0, 0.05) is 18.2 Å². The average molecular weight is 353 g/mol. The minimum Gasteiger partial charge on any atom is -0.392 e. The maximum Gasteiger partial charge on any atom is 0.256 e. The molecular formula is C18H16FN5O2. The Balaban J connectivity index is 1.80. The molecule has 132 valence electrons. The van der Waals surface area contributed by atoms with E-state index in [-0.39, 0.29) is 17.4 Å². The van der Waals surface area contributed by atoms with Crippen molar-refractivity contribution in [2.24, 2.45) is 0 Å². The molecule has 1 heterocycles. The van der Waals surface area contributed by atoms with E-state index in [1.54, 1.807) is 42.5 Å². The lowest BCUT2D eigenvalue weighted by Crippen LogP contribution is -2.14. The van der Waals surface area contributed by atoms with Crippen LogP contribution in [0.15, 0.2) is 54.6 Å². The van der Waals surface area contributed by atoms with Crippen LogP contribution in [0.4, 0.5) is 21.6 Å². The number of nitrogens with zero attached hydrogens (tertiary/aromatic N) is 2. The molecule has 0 saturated heterocycles. The number of hydrogen-bond acceptors (Lipinski definition) is 4. The van der Waals surface area contributed by atoms with Crippen LogP contribution in [0.3, 0.4) is 0 Å². The number of aromatic nitrogens is 2. The van der Waals surface area contributed by atoms with Crippen LogP contribution >= 0.6 is 0 Å². The van der Waals surface area contributed by atoms with E-state index < -0.39 is 11.9 Å². The molecule has 0 saturated carbocycles. The summed E-state index contributed by atoms with van der Waals surface area (Å²) in [5.41, 5.74) is 6.83. The van der Waals surface area contributed by atoms with Crippen LogP contribution in [-0.2, 0) is 4.79 Å². The van der Waals surface area contributed by atoms with Gasteiger partial charge in [-0.2, -0.15) is 4.39 Å². The number of anilines is 3. The predicted molar refractivity (Wildman–Crippen MR) is 96.6 cm³/mol. The molecule has 3 aromatic rings. The number of halogens is 1. The van der Waals surface area contributed by atoms with Gasteiger partial charge in [-0.15, -0.1) is 5.10 Å². The molecule has 1 aromatic heterocycles. The first-order valence-corrected chi connectivity index (χ1v) is 7.74. The summed E-state index contributed by atoms with van der Waals surface area (Å²) in [4.78, 5) is 23.3. The van der Waals surface area contributed by atoms with Crippen molar-refractivity contribution in [2.75, 3.05) is 16.4 Å². The predicted octanol–water partition coefficient (Wildman–Crippen LogP) is 2.80. The first-order valence-electron chi connectivity index (χ1n) is 7.74. The highest BCUT2D eigenvalue weighted by atomic mass is 19.1. The summed E-state index contributed by atoms with van der Waals surface area (Å²) in [5.74, 6) is -1.53. The van der Waals surface area contributed by atoms with E-state index in [1.165, 1.54) is 19.1 Å². The van der Waals surface area contributed by atoms with E-state index >= 15 is 0 Å². The van der Waals surface area contributed by atoms with E-state index in [0.717, 1.165) is 4.68 Å². The Morgan fingerprint density at radius 2 is 1.69 bits per heavy atom. The average Bonchev–Trinajstić information content (AvgIpc) is 2.91. The van der Waals surface area contributed by atoms with Gasteiger partial charge in [0.25, 0.3) is 5.91 Å². The van der Waals surface area contributed by atoms with Gasteiger partial charge >= 0.3 is 0 Å². The molecule has 0 atom stereocenters. The number of carbonyl (C=O) groups excluding carboxylic acids is 2. The molecule has 2 aromatic carbocycles. The molecule has 0 unspecified atom stereocenters. The van der Waals surface area contributed by atoms with Crippen molar-refractivity contribution >= 4 is 29.0 Å². The summed E-state index contributed by atoms with van der Waals surface area (Å²) in [6, 6.07) is 14.8. The van der Waals surface area contributed by atoms with Gasteiger partial charge in [-0.1, -0.05) is 18.2 Å². The highest BCUT2D eigenvalue weighted by Gasteiger charge is 2.18. The van der Waals surface area contributed by atoms with Gasteiger partial charge in [0.2, 0.25) is 11.9 Å². The third-order valence-electron chi connectivity index (χ3n) is 3.56. The molecular weight excluding hydrogens is 337 g/mol. The summed E-state index contributed by atoms with van der Waals surface area (Å²) >= 11 is 0. The van der Waals surface area contributed by atoms with Gasteiger partial charge in [-0.05, 0) is 36.4 Å². The number of benzene rings is 2. The largest absolute Gasteiger partial charge is 0.392 e. The lowest BCUT2D eigenvalue weighted by atomic mass is 10.2. The highest BCUT2D eigenvalue weighted by Crippen LogP contribution is 2.24. The van der Waals surface area contributed by atoms with Crippen LogP contribution in [0.25, 0.3) is 5.69 Å². The SMILES string of the molecule is CC(=O)Nc1ccc(C(=O)Nc2nn(-c3ccccc3)c(F)c2N)cc1. The minimum absolute atomic E-state index is 0.0673. The molecule has 0 fully saturated rings. The monoisotopic (exact) mass is 353 g/mol. The van der Waals surface area contributed by atoms with Crippen LogP contribution < -0.4 is 16.4 Å². The molecule has 26 heavy (non-hydrogen) atoms. The van der Waals surface area contributed by atoms with E-state index in [4.69, 9.17) is 5.73 Å². The van der Waals surface area contributed by atoms with Crippen molar-refractivity contribution in [3.8, 4) is 5.69 Å². The zero-order valence-corrected chi connectivity index (χ0v) is 13.9. The zero-order valence-electron chi connectivity index (χ0n) is 13.9. The van der Waals surface area contributed by atoms with Gasteiger partial charge in [-0.25, -0.2) is 4.68 Å².